The number of fused-ring (bicyclic) bond motifs is 3. The predicted molar refractivity (Wildman–Crippen MR) is 96.7 cm³/mol. The number of aliphatic hydroxyl groups is 1. The molecule has 3 heterocycles. The Labute approximate surface area is 142 Å². The SMILES string of the molecule is C=C1c2[nH]c3nc([C@@H](O)C(N)=CC=N)sc3c2C=NN1CC(C)=N. The van der Waals surface area contributed by atoms with Gasteiger partial charge < -0.3 is 26.6 Å². The Morgan fingerprint density at radius 2 is 2.38 bits per heavy atom. The minimum absolute atomic E-state index is 0.168. The Hall–Kier alpha value is -2.78. The number of nitrogens with zero attached hydrogens (tertiary/aromatic N) is 3. The van der Waals surface area contributed by atoms with Crippen LogP contribution < -0.4 is 5.73 Å². The molecule has 0 unspecified atom stereocenters. The molecule has 9 heteroatoms. The average Bonchev–Trinajstić information content (AvgIpc) is 3.07. The summed E-state index contributed by atoms with van der Waals surface area (Å²) < 4.78 is 0.859. The minimum Gasteiger partial charge on any atom is -0.400 e. The minimum atomic E-state index is -1.05. The monoisotopic (exact) mass is 343 g/mol. The van der Waals surface area contributed by atoms with Crippen LogP contribution in [0.25, 0.3) is 16.0 Å². The Morgan fingerprint density at radius 1 is 1.62 bits per heavy atom. The van der Waals surface area contributed by atoms with E-state index < -0.39 is 6.10 Å². The van der Waals surface area contributed by atoms with Gasteiger partial charge in [-0.15, -0.1) is 11.3 Å². The lowest BCUT2D eigenvalue weighted by atomic mass is 10.2. The molecule has 0 radical (unpaired) electrons. The molecule has 1 atom stereocenters. The van der Waals surface area contributed by atoms with Crippen molar-refractivity contribution in [1.82, 2.24) is 15.0 Å². The van der Waals surface area contributed by atoms with E-state index in [2.05, 4.69) is 21.6 Å². The second-order valence-corrected chi connectivity index (χ2v) is 6.44. The van der Waals surface area contributed by atoms with Gasteiger partial charge in [0.05, 0.1) is 28.9 Å². The maximum absolute atomic E-state index is 10.2. The maximum atomic E-state index is 10.2. The molecule has 0 aromatic carbocycles. The lowest BCUT2D eigenvalue weighted by Crippen LogP contribution is -2.24. The molecule has 24 heavy (non-hydrogen) atoms. The van der Waals surface area contributed by atoms with Crippen molar-refractivity contribution in [2.24, 2.45) is 10.8 Å². The van der Waals surface area contributed by atoms with E-state index in [9.17, 15) is 5.11 Å². The van der Waals surface area contributed by atoms with Crippen molar-refractivity contribution in [3.8, 4) is 0 Å². The van der Waals surface area contributed by atoms with E-state index in [1.54, 1.807) is 18.1 Å². The fourth-order valence-corrected chi connectivity index (χ4v) is 3.44. The van der Waals surface area contributed by atoms with Gasteiger partial charge in [-0.2, -0.15) is 5.10 Å². The third-order valence-electron chi connectivity index (χ3n) is 3.54. The first-order chi connectivity index (χ1) is 11.4. The fraction of sp³-hybridized carbons (Fsp3) is 0.200. The Morgan fingerprint density at radius 3 is 3.04 bits per heavy atom. The van der Waals surface area contributed by atoms with E-state index in [0.29, 0.717) is 28.6 Å². The average molecular weight is 343 g/mol. The van der Waals surface area contributed by atoms with E-state index in [0.717, 1.165) is 22.2 Å². The summed E-state index contributed by atoms with van der Waals surface area (Å²) >= 11 is 1.32. The molecule has 2 aromatic heterocycles. The highest BCUT2D eigenvalue weighted by molar-refractivity contribution is 7.19. The molecule has 2 aromatic rings. The van der Waals surface area contributed by atoms with Crippen molar-refractivity contribution < 1.29 is 5.11 Å². The number of aromatic amines is 1. The van der Waals surface area contributed by atoms with E-state index >= 15 is 0 Å². The van der Waals surface area contributed by atoms with Crippen molar-refractivity contribution in [3.05, 3.63) is 34.6 Å². The van der Waals surface area contributed by atoms with Gasteiger partial charge in [0.2, 0.25) is 0 Å². The number of hydrogen-bond donors (Lipinski definition) is 5. The largest absolute Gasteiger partial charge is 0.400 e. The molecule has 0 spiro atoms. The lowest BCUT2D eigenvalue weighted by Gasteiger charge is -2.23. The van der Waals surface area contributed by atoms with Crippen LogP contribution in [0, 0.1) is 10.8 Å². The standard InChI is InChI=1S/C15H17N7OS/c1-7(17)6-22-8(2)11-9(5-19-22)13-14(20-11)21-15(24-13)12(23)10(18)3-4-16/h3-5,12,16-17,20,23H,2,6,18H2,1H3/t12-/m0/s1. The zero-order valence-corrected chi connectivity index (χ0v) is 13.8. The molecule has 0 aliphatic carbocycles. The number of thiazole rings is 1. The normalized spacial score (nSPS) is 15.7. The van der Waals surface area contributed by atoms with Gasteiger partial charge in [0.25, 0.3) is 0 Å². The molecule has 8 nitrogen and oxygen atoms in total. The van der Waals surface area contributed by atoms with Gasteiger partial charge >= 0.3 is 0 Å². The van der Waals surface area contributed by atoms with Crippen molar-refractivity contribution in [2.45, 2.75) is 13.0 Å². The molecule has 1 aliphatic rings. The van der Waals surface area contributed by atoms with E-state index in [1.807, 2.05) is 0 Å². The number of aromatic nitrogens is 2. The first kappa shape index (κ1) is 16.1. The number of H-pyrrole nitrogens is 1. The second kappa shape index (κ2) is 6.02. The van der Waals surface area contributed by atoms with Crippen LogP contribution in [0.2, 0.25) is 0 Å². The molecule has 124 valence electrons. The van der Waals surface area contributed by atoms with Crippen molar-refractivity contribution >= 4 is 45.5 Å². The van der Waals surface area contributed by atoms with Crippen molar-refractivity contribution in [2.75, 3.05) is 6.54 Å². The molecule has 1 aliphatic heterocycles. The molecular weight excluding hydrogens is 326 g/mol. The first-order valence-electron chi connectivity index (χ1n) is 7.13. The third-order valence-corrected chi connectivity index (χ3v) is 4.68. The quantitative estimate of drug-likeness (QED) is 0.528. The number of nitrogens with one attached hydrogen (secondary N) is 3. The van der Waals surface area contributed by atoms with Crippen LogP contribution in [0.1, 0.15) is 29.3 Å². The van der Waals surface area contributed by atoms with Gasteiger partial charge in [-0.05, 0) is 13.0 Å². The Balaban J connectivity index is 1.98. The van der Waals surface area contributed by atoms with Crippen LogP contribution in [0.4, 0.5) is 0 Å². The third kappa shape index (κ3) is 2.63. The van der Waals surface area contributed by atoms with Gasteiger partial charge in [0.1, 0.15) is 16.8 Å². The summed E-state index contributed by atoms with van der Waals surface area (Å²) in [5, 5.41) is 31.2. The van der Waals surface area contributed by atoms with Gasteiger partial charge in [-0.3, -0.25) is 5.01 Å². The summed E-state index contributed by atoms with van der Waals surface area (Å²) in [5.74, 6) is 0. The molecular formula is C15H17N7OS. The van der Waals surface area contributed by atoms with Crippen LogP contribution in [0.5, 0.6) is 0 Å². The van der Waals surface area contributed by atoms with Crippen LogP contribution in [-0.2, 0) is 0 Å². The highest BCUT2D eigenvalue weighted by atomic mass is 32.1. The summed E-state index contributed by atoms with van der Waals surface area (Å²) in [7, 11) is 0. The number of hydrazone groups is 1. The van der Waals surface area contributed by atoms with E-state index in [1.165, 1.54) is 17.4 Å². The molecule has 6 N–H and O–H groups in total. The Kier molecular flexibility index (Phi) is 4.04. The van der Waals surface area contributed by atoms with E-state index in [4.69, 9.17) is 16.6 Å². The molecule has 0 saturated carbocycles. The summed E-state index contributed by atoms with van der Waals surface area (Å²) in [6, 6.07) is 0. The lowest BCUT2D eigenvalue weighted by molar-refractivity contribution is 0.214. The summed E-state index contributed by atoms with van der Waals surface area (Å²) in [4.78, 5) is 7.59. The molecule has 0 saturated heterocycles. The number of rotatable bonds is 5. The highest BCUT2D eigenvalue weighted by Gasteiger charge is 2.25. The maximum Gasteiger partial charge on any atom is 0.150 e. The number of aliphatic hydroxyl groups excluding tert-OH is 1. The van der Waals surface area contributed by atoms with Crippen molar-refractivity contribution in [3.63, 3.8) is 0 Å². The highest BCUT2D eigenvalue weighted by Crippen LogP contribution is 2.36. The van der Waals surface area contributed by atoms with Crippen LogP contribution >= 0.6 is 11.3 Å². The number of hydrogen-bond acceptors (Lipinski definition) is 8. The topological polar surface area (TPSA) is 138 Å². The van der Waals surface area contributed by atoms with E-state index in [-0.39, 0.29) is 5.70 Å². The van der Waals surface area contributed by atoms with Crippen molar-refractivity contribution in [1.29, 1.82) is 10.8 Å². The summed E-state index contributed by atoms with van der Waals surface area (Å²) in [5.41, 5.74) is 9.35. The zero-order chi connectivity index (χ0) is 17.4. The Bertz CT molecular complexity index is 904. The smallest absolute Gasteiger partial charge is 0.150 e. The molecule has 0 fully saturated rings. The van der Waals surface area contributed by atoms with Crippen LogP contribution in [-0.4, -0.2) is 44.8 Å². The first-order valence-corrected chi connectivity index (χ1v) is 7.95. The van der Waals surface area contributed by atoms with Gasteiger partial charge in [0, 0.05) is 23.2 Å². The molecule has 0 bridgehead atoms. The summed E-state index contributed by atoms with van der Waals surface area (Å²) in [6.45, 7) is 6.13. The predicted octanol–water partition coefficient (Wildman–Crippen LogP) is 1.81. The van der Waals surface area contributed by atoms with Gasteiger partial charge in [-0.1, -0.05) is 6.58 Å². The second-order valence-electron chi connectivity index (χ2n) is 5.41. The zero-order valence-electron chi connectivity index (χ0n) is 13.0. The molecule has 0 amide bonds. The van der Waals surface area contributed by atoms with Gasteiger partial charge in [0.15, 0.2) is 0 Å². The molecule has 3 rings (SSSR count). The number of nitrogens with two attached hydrogens (primary N) is 1. The number of allylic oxidation sites excluding steroid dienone is 1. The summed E-state index contributed by atoms with van der Waals surface area (Å²) in [6.07, 6.45) is 3.01. The fourth-order valence-electron chi connectivity index (χ4n) is 2.39. The van der Waals surface area contributed by atoms with Crippen LogP contribution in [0.15, 0.2) is 23.5 Å². The van der Waals surface area contributed by atoms with Gasteiger partial charge in [-0.25, -0.2) is 4.98 Å². The van der Waals surface area contributed by atoms with Crippen LogP contribution in [0.3, 0.4) is 0 Å².